The Morgan fingerprint density at radius 2 is 1.65 bits per heavy atom. The summed E-state index contributed by atoms with van der Waals surface area (Å²) in [6.45, 7) is 7.28. The molecule has 0 spiro atoms. The molecule has 5 heteroatoms. The van der Waals surface area contributed by atoms with Crippen molar-refractivity contribution in [1.29, 1.82) is 0 Å². The number of hydrogen-bond acceptors (Lipinski definition) is 2. The maximum Gasteiger partial charge on any atom is 0.254 e. The van der Waals surface area contributed by atoms with E-state index >= 15 is 0 Å². The van der Waals surface area contributed by atoms with Crippen LogP contribution in [0.1, 0.15) is 32.2 Å². The molecule has 0 aliphatic heterocycles. The van der Waals surface area contributed by atoms with Crippen molar-refractivity contribution in [3.63, 3.8) is 0 Å². The first-order valence-corrected chi connectivity index (χ1v) is 6.26. The monoisotopic (exact) mass is 278 g/mol. The van der Waals surface area contributed by atoms with Crippen molar-refractivity contribution in [1.82, 2.24) is 9.97 Å². The van der Waals surface area contributed by atoms with E-state index in [1.807, 2.05) is 20.8 Å². The smallest absolute Gasteiger partial charge is 0.254 e. The van der Waals surface area contributed by atoms with Crippen LogP contribution in [-0.2, 0) is 5.41 Å². The number of hydrogen-bond donors (Lipinski definition) is 1. The van der Waals surface area contributed by atoms with Gasteiger partial charge in [0.25, 0.3) is 5.56 Å². The second-order valence-corrected chi connectivity index (χ2v) is 5.80. The Balaban J connectivity index is 2.73. The zero-order valence-corrected chi connectivity index (χ0v) is 11.8. The van der Waals surface area contributed by atoms with Crippen LogP contribution in [0, 0.1) is 18.6 Å². The molecule has 0 atom stereocenters. The molecule has 2 aromatic rings. The molecule has 0 bridgehead atoms. The van der Waals surface area contributed by atoms with Crippen molar-refractivity contribution in [2.24, 2.45) is 0 Å². The Kier molecular flexibility index (Phi) is 3.46. The minimum Gasteiger partial charge on any atom is -0.310 e. The molecular formula is C15H16F2N2O. The third-order valence-corrected chi connectivity index (χ3v) is 3.00. The Morgan fingerprint density at radius 3 is 2.15 bits per heavy atom. The van der Waals surface area contributed by atoms with E-state index < -0.39 is 11.6 Å². The predicted octanol–water partition coefficient (Wildman–Crippen LogP) is 3.32. The lowest BCUT2D eigenvalue weighted by atomic mass is 9.95. The summed E-state index contributed by atoms with van der Waals surface area (Å²) in [6, 6.07) is 3.13. The van der Waals surface area contributed by atoms with Gasteiger partial charge in [0, 0.05) is 22.6 Å². The maximum absolute atomic E-state index is 13.3. The number of aromatic amines is 1. The quantitative estimate of drug-likeness (QED) is 0.869. The average Bonchev–Trinajstić information content (AvgIpc) is 2.29. The molecule has 3 nitrogen and oxygen atoms in total. The van der Waals surface area contributed by atoms with Gasteiger partial charge in [-0.2, -0.15) is 0 Å². The second-order valence-electron chi connectivity index (χ2n) is 5.80. The van der Waals surface area contributed by atoms with Gasteiger partial charge in [-0.15, -0.1) is 0 Å². The summed E-state index contributed by atoms with van der Waals surface area (Å²) in [5.74, 6) is -0.912. The molecule has 106 valence electrons. The van der Waals surface area contributed by atoms with Crippen molar-refractivity contribution >= 4 is 0 Å². The highest BCUT2D eigenvalue weighted by Crippen LogP contribution is 2.24. The van der Waals surface area contributed by atoms with Crippen molar-refractivity contribution in [3.05, 3.63) is 51.6 Å². The van der Waals surface area contributed by atoms with E-state index in [0.717, 1.165) is 6.07 Å². The van der Waals surface area contributed by atoms with Gasteiger partial charge in [0.05, 0.1) is 5.69 Å². The molecule has 1 N–H and O–H groups in total. The Labute approximate surface area is 115 Å². The highest BCUT2D eigenvalue weighted by molar-refractivity contribution is 5.62. The highest BCUT2D eigenvalue weighted by Gasteiger charge is 2.20. The van der Waals surface area contributed by atoms with Crippen LogP contribution < -0.4 is 5.56 Å². The van der Waals surface area contributed by atoms with Gasteiger partial charge in [-0.3, -0.25) is 4.79 Å². The van der Waals surface area contributed by atoms with Gasteiger partial charge >= 0.3 is 0 Å². The Bertz CT molecular complexity index is 695. The topological polar surface area (TPSA) is 45.8 Å². The molecule has 20 heavy (non-hydrogen) atoms. The van der Waals surface area contributed by atoms with Gasteiger partial charge in [-0.05, 0) is 19.1 Å². The lowest BCUT2D eigenvalue weighted by molar-refractivity contribution is 0.542. The van der Waals surface area contributed by atoms with Gasteiger partial charge < -0.3 is 4.98 Å². The summed E-state index contributed by atoms with van der Waals surface area (Å²) in [7, 11) is 0. The third-order valence-electron chi connectivity index (χ3n) is 3.00. The first-order chi connectivity index (χ1) is 9.18. The van der Waals surface area contributed by atoms with Crippen LogP contribution in [0.4, 0.5) is 8.78 Å². The van der Waals surface area contributed by atoms with E-state index in [2.05, 4.69) is 9.97 Å². The minimum absolute atomic E-state index is 0.261. The molecule has 0 saturated heterocycles. The normalized spacial score (nSPS) is 11.7. The molecule has 1 aromatic heterocycles. The molecule has 1 heterocycles. The SMILES string of the molecule is Cc1c(-c2cc(F)cc(F)c2)nc(C(C)(C)C)[nH]c1=O. The molecule has 0 amide bonds. The van der Waals surface area contributed by atoms with E-state index in [4.69, 9.17) is 0 Å². The molecule has 0 saturated carbocycles. The van der Waals surface area contributed by atoms with Crippen LogP contribution in [-0.4, -0.2) is 9.97 Å². The van der Waals surface area contributed by atoms with Gasteiger partial charge in [0.1, 0.15) is 17.5 Å². The van der Waals surface area contributed by atoms with Crippen LogP contribution in [0.2, 0.25) is 0 Å². The number of nitrogens with zero attached hydrogens (tertiary/aromatic N) is 1. The Hall–Kier alpha value is -2.04. The lowest BCUT2D eigenvalue weighted by Crippen LogP contribution is -2.24. The molecule has 2 rings (SSSR count). The number of nitrogens with one attached hydrogen (secondary N) is 1. The van der Waals surface area contributed by atoms with Crippen molar-refractivity contribution in [2.75, 3.05) is 0 Å². The van der Waals surface area contributed by atoms with Crippen LogP contribution in [0.5, 0.6) is 0 Å². The fourth-order valence-electron chi connectivity index (χ4n) is 1.86. The van der Waals surface area contributed by atoms with Crippen LogP contribution in [0.15, 0.2) is 23.0 Å². The highest BCUT2D eigenvalue weighted by atomic mass is 19.1. The number of rotatable bonds is 1. The standard InChI is InChI=1S/C15H16F2N2O/c1-8-12(9-5-10(16)7-11(17)6-9)18-14(15(2,3)4)19-13(8)20/h5-7H,1-4H3,(H,18,19,20). The van der Waals surface area contributed by atoms with E-state index in [-0.39, 0.29) is 16.5 Å². The number of halogens is 2. The van der Waals surface area contributed by atoms with E-state index in [9.17, 15) is 13.6 Å². The third kappa shape index (κ3) is 2.76. The van der Waals surface area contributed by atoms with Crippen LogP contribution in [0.25, 0.3) is 11.3 Å². The first kappa shape index (κ1) is 14.4. The van der Waals surface area contributed by atoms with Gasteiger partial charge in [-0.25, -0.2) is 13.8 Å². The predicted molar refractivity (Wildman–Crippen MR) is 73.6 cm³/mol. The number of benzene rings is 1. The fraction of sp³-hybridized carbons (Fsp3) is 0.333. The second kappa shape index (κ2) is 4.81. The largest absolute Gasteiger partial charge is 0.310 e. The molecule has 0 radical (unpaired) electrons. The van der Waals surface area contributed by atoms with Crippen molar-refractivity contribution in [3.8, 4) is 11.3 Å². The minimum atomic E-state index is -0.696. The summed E-state index contributed by atoms with van der Waals surface area (Å²) >= 11 is 0. The Morgan fingerprint density at radius 1 is 1.10 bits per heavy atom. The summed E-state index contributed by atoms with van der Waals surface area (Å²) in [5, 5.41) is 0. The molecular weight excluding hydrogens is 262 g/mol. The van der Waals surface area contributed by atoms with E-state index in [1.54, 1.807) is 6.92 Å². The molecule has 0 aliphatic rings. The lowest BCUT2D eigenvalue weighted by Gasteiger charge is -2.18. The fourth-order valence-corrected chi connectivity index (χ4v) is 1.86. The zero-order chi connectivity index (χ0) is 15.1. The summed E-state index contributed by atoms with van der Waals surface area (Å²) in [6.07, 6.45) is 0. The van der Waals surface area contributed by atoms with Crippen LogP contribution >= 0.6 is 0 Å². The average molecular weight is 278 g/mol. The first-order valence-electron chi connectivity index (χ1n) is 6.26. The van der Waals surface area contributed by atoms with Crippen molar-refractivity contribution in [2.45, 2.75) is 33.1 Å². The summed E-state index contributed by atoms with van der Waals surface area (Å²) < 4.78 is 26.7. The van der Waals surface area contributed by atoms with Gasteiger partial charge in [-0.1, -0.05) is 20.8 Å². The van der Waals surface area contributed by atoms with E-state index in [0.29, 0.717) is 17.1 Å². The van der Waals surface area contributed by atoms with Gasteiger partial charge in [0.2, 0.25) is 0 Å². The van der Waals surface area contributed by atoms with Crippen LogP contribution in [0.3, 0.4) is 0 Å². The molecule has 0 fully saturated rings. The number of H-pyrrole nitrogens is 1. The molecule has 0 unspecified atom stereocenters. The maximum atomic E-state index is 13.3. The molecule has 0 aliphatic carbocycles. The summed E-state index contributed by atoms with van der Waals surface area (Å²) in [4.78, 5) is 19.0. The number of aromatic nitrogens is 2. The van der Waals surface area contributed by atoms with E-state index in [1.165, 1.54) is 12.1 Å². The van der Waals surface area contributed by atoms with Gasteiger partial charge in [0.15, 0.2) is 0 Å². The molecule has 1 aromatic carbocycles. The summed E-state index contributed by atoms with van der Waals surface area (Å²) in [5.41, 5.74) is 0.231. The zero-order valence-electron chi connectivity index (χ0n) is 11.8. The van der Waals surface area contributed by atoms with Crippen molar-refractivity contribution < 1.29 is 8.78 Å².